The molecule has 1 aromatic heterocycles. The van der Waals surface area contributed by atoms with Gasteiger partial charge < -0.3 is 9.84 Å². The zero-order chi connectivity index (χ0) is 21.2. The Bertz CT molecular complexity index is 945. The molecule has 7 nitrogen and oxygen atoms in total. The molecule has 9 heteroatoms. The van der Waals surface area contributed by atoms with Gasteiger partial charge in [-0.3, -0.25) is 4.79 Å². The normalized spacial score (nSPS) is 17.2. The smallest absolute Gasteiger partial charge is 0.248 e. The predicted octanol–water partition coefficient (Wildman–Crippen LogP) is 3.30. The molecule has 158 valence electrons. The quantitative estimate of drug-likeness (QED) is 0.745. The van der Waals surface area contributed by atoms with Crippen molar-refractivity contribution < 1.29 is 17.7 Å². The van der Waals surface area contributed by atoms with E-state index < -0.39 is 10.0 Å². The fourth-order valence-electron chi connectivity index (χ4n) is 3.75. The summed E-state index contributed by atoms with van der Waals surface area (Å²) in [5, 5.41) is 7.37. The number of nitrogens with zero attached hydrogens (tertiary/aromatic N) is 2. The number of nitrogens with one attached hydrogen (secondary N) is 1. The summed E-state index contributed by atoms with van der Waals surface area (Å²) in [6.45, 7) is 6.34. The predicted molar refractivity (Wildman–Crippen MR) is 110 cm³/mol. The van der Waals surface area contributed by atoms with Crippen molar-refractivity contribution in [1.82, 2.24) is 14.8 Å². The Morgan fingerprint density at radius 1 is 1.28 bits per heavy atom. The highest BCUT2D eigenvalue weighted by molar-refractivity contribution is 7.89. The second kappa shape index (κ2) is 8.85. The van der Waals surface area contributed by atoms with E-state index in [-0.39, 0.29) is 22.6 Å². The van der Waals surface area contributed by atoms with Crippen LogP contribution >= 0.6 is 11.6 Å². The maximum Gasteiger partial charge on any atom is 0.248 e. The van der Waals surface area contributed by atoms with E-state index in [4.69, 9.17) is 16.1 Å². The molecule has 0 bridgehead atoms. The number of benzene rings is 1. The number of hydrogen-bond donors (Lipinski definition) is 1. The van der Waals surface area contributed by atoms with Crippen molar-refractivity contribution in [3.05, 3.63) is 46.3 Å². The number of aryl methyl sites for hydroxylation is 2. The summed E-state index contributed by atoms with van der Waals surface area (Å²) >= 11 is 5.88. The first-order chi connectivity index (χ1) is 13.7. The first-order valence-corrected chi connectivity index (χ1v) is 11.5. The van der Waals surface area contributed by atoms with E-state index in [1.54, 1.807) is 26.0 Å². The number of amides is 1. The van der Waals surface area contributed by atoms with Gasteiger partial charge >= 0.3 is 0 Å². The summed E-state index contributed by atoms with van der Waals surface area (Å²) in [5.41, 5.74) is 1.36. The van der Waals surface area contributed by atoms with Gasteiger partial charge in [0.1, 0.15) is 10.6 Å². The van der Waals surface area contributed by atoms with Gasteiger partial charge in [0, 0.05) is 30.6 Å². The van der Waals surface area contributed by atoms with E-state index in [9.17, 15) is 13.2 Å². The Morgan fingerprint density at radius 2 is 1.90 bits per heavy atom. The number of carbonyl (C=O) groups excluding carboxylic acids is 1. The van der Waals surface area contributed by atoms with Crippen LogP contribution in [0.25, 0.3) is 0 Å². The molecule has 0 aliphatic carbocycles. The van der Waals surface area contributed by atoms with Gasteiger partial charge in [-0.25, -0.2) is 8.42 Å². The SMILES string of the molecule is Cc1noc(C)c1S(=O)(=O)N1CCC([C@@H](C)C(=O)NCc2ccc(Cl)cc2)CC1. The fraction of sp³-hybridized carbons (Fsp3) is 0.500. The van der Waals surface area contributed by atoms with E-state index in [2.05, 4.69) is 10.5 Å². The molecule has 1 atom stereocenters. The largest absolute Gasteiger partial charge is 0.360 e. The third-order valence-electron chi connectivity index (χ3n) is 5.56. The van der Waals surface area contributed by atoms with Crippen molar-refractivity contribution in [1.29, 1.82) is 0 Å². The highest BCUT2D eigenvalue weighted by Crippen LogP contribution is 2.30. The van der Waals surface area contributed by atoms with Crippen LogP contribution in [0.5, 0.6) is 0 Å². The van der Waals surface area contributed by atoms with Crippen LogP contribution in [0.4, 0.5) is 0 Å². The molecule has 1 fully saturated rings. The Labute approximate surface area is 176 Å². The van der Waals surface area contributed by atoms with E-state index in [0.717, 1.165) is 5.56 Å². The highest BCUT2D eigenvalue weighted by Gasteiger charge is 2.36. The van der Waals surface area contributed by atoms with Crippen LogP contribution in [-0.2, 0) is 21.4 Å². The molecule has 0 spiro atoms. The van der Waals surface area contributed by atoms with Gasteiger partial charge in [0.05, 0.1) is 0 Å². The van der Waals surface area contributed by atoms with Crippen molar-refractivity contribution in [2.24, 2.45) is 11.8 Å². The third-order valence-corrected chi connectivity index (χ3v) is 7.96. The molecule has 1 saturated heterocycles. The molecule has 1 aliphatic rings. The number of hydrogen-bond acceptors (Lipinski definition) is 5. The molecule has 29 heavy (non-hydrogen) atoms. The molecule has 1 amide bonds. The second-order valence-electron chi connectivity index (χ2n) is 7.53. The molecule has 0 saturated carbocycles. The number of sulfonamides is 1. The molecule has 2 aromatic rings. The number of halogens is 1. The lowest BCUT2D eigenvalue weighted by Crippen LogP contribution is -2.42. The van der Waals surface area contributed by atoms with E-state index in [0.29, 0.717) is 49.0 Å². The van der Waals surface area contributed by atoms with Gasteiger partial charge in [0.2, 0.25) is 15.9 Å². The van der Waals surface area contributed by atoms with Crippen molar-refractivity contribution >= 4 is 27.5 Å². The average molecular weight is 440 g/mol. The summed E-state index contributed by atoms with van der Waals surface area (Å²) in [7, 11) is -3.63. The van der Waals surface area contributed by atoms with Crippen LogP contribution in [0.3, 0.4) is 0 Å². The average Bonchev–Trinajstić information content (AvgIpc) is 3.05. The van der Waals surface area contributed by atoms with Gasteiger partial charge in [-0.1, -0.05) is 35.8 Å². The van der Waals surface area contributed by atoms with Crippen LogP contribution in [0.15, 0.2) is 33.7 Å². The Hall–Kier alpha value is -1.90. The Kier molecular flexibility index (Phi) is 6.65. The Balaban J connectivity index is 1.55. The molecular weight excluding hydrogens is 414 g/mol. The second-order valence-corrected chi connectivity index (χ2v) is 9.84. The Morgan fingerprint density at radius 3 is 2.45 bits per heavy atom. The van der Waals surface area contributed by atoms with Crippen LogP contribution in [0, 0.1) is 25.7 Å². The van der Waals surface area contributed by atoms with Gasteiger partial charge in [-0.15, -0.1) is 0 Å². The lowest BCUT2D eigenvalue weighted by atomic mass is 9.85. The topological polar surface area (TPSA) is 92.5 Å². The third kappa shape index (κ3) is 4.82. The minimum atomic E-state index is -3.63. The number of rotatable bonds is 6. The van der Waals surface area contributed by atoms with Crippen LogP contribution < -0.4 is 5.32 Å². The minimum absolute atomic E-state index is 0.0213. The van der Waals surface area contributed by atoms with Crippen molar-refractivity contribution in [3.63, 3.8) is 0 Å². The summed E-state index contributed by atoms with van der Waals surface area (Å²) < 4.78 is 32.3. The van der Waals surface area contributed by atoms with Crippen LogP contribution in [-0.4, -0.2) is 36.9 Å². The van der Waals surface area contributed by atoms with E-state index in [1.165, 1.54) is 4.31 Å². The van der Waals surface area contributed by atoms with Gasteiger partial charge in [-0.2, -0.15) is 4.31 Å². The molecular formula is C20H26ClN3O4S. The molecule has 1 aromatic carbocycles. The summed E-state index contributed by atoms with van der Waals surface area (Å²) in [5.74, 6) is 0.231. The summed E-state index contributed by atoms with van der Waals surface area (Å²) in [6.07, 6.45) is 1.27. The maximum absolute atomic E-state index is 12.9. The van der Waals surface area contributed by atoms with Crippen molar-refractivity contribution in [3.8, 4) is 0 Å². The lowest BCUT2D eigenvalue weighted by Gasteiger charge is -2.33. The summed E-state index contributed by atoms with van der Waals surface area (Å²) in [4.78, 5) is 12.7. The van der Waals surface area contributed by atoms with Gasteiger partial charge in [0.25, 0.3) is 0 Å². The zero-order valence-corrected chi connectivity index (χ0v) is 18.4. The first-order valence-electron chi connectivity index (χ1n) is 9.65. The molecule has 2 heterocycles. The standard InChI is InChI=1S/C20H26ClN3O4S/c1-13(20(25)22-12-16-4-6-18(21)7-5-16)17-8-10-24(11-9-17)29(26,27)19-14(2)23-28-15(19)3/h4-7,13,17H,8-12H2,1-3H3,(H,22,25)/t13-/m1/s1. The summed E-state index contributed by atoms with van der Waals surface area (Å²) in [6, 6.07) is 7.35. The zero-order valence-electron chi connectivity index (χ0n) is 16.8. The van der Waals surface area contributed by atoms with Crippen molar-refractivity contribution in [2.75, 3.05) is 13.1 Å². The first kappa shape index (κ1) is 21.8. The number of piperidine rings is 1. The maximum atomic E-state index is 12.9. The fourth-order valence-corrected chi connectivity index (χ4v) is 5.64. The highest BCUT2D eigenvalue weighted by atomic mass is 35.5. The molecule has 1 aliphatic heterocycles. The van der Waals surface area contributed by atoms with Crippen molar-refractivity contribution in [2.45, 2.75) is 45.1 Å². The lowest BCUT2D eigenvalue weighted by molar-refractivity contribution is -0.126. The van der Waals surface area contributed by atoms with Crippen LogP contribution in [0.1, 0.15) is 36.8 Å². The van der Waals surface area contributed by atoms with E-state index >= 15 is 0 Å². The molecule has 0 radical (unpaired) electrons. The minimum Gasteiger partial charge on any atom is -0.360 e. The molecule has 3 rings (SSSR count). The molecule has 0 unspecified atom stereocenters. The molecule has 1 N–H and O–H groups in total. The van der Waals surface area contributed by atoms with Crippen LogP contribution in [0.2, 0.25) is 5.02 Å². The number of aromatic nitrogens is 1. The number of carbonyl (C=O) groups is 1. The van der Waals surface area contributed by atoms with Gasteiger partial charge in [-0.05, 0) is 50.3 Å². The monoisotopic (exact) mass is 439 g/mol. The van der Waals surface area contributed by atoms with Gasteiger partial charge in [0.15, 0.2) is 5.76 Å². The van der Waals surface area contributed by atoms with E-state index in [1.807, 2.05) is 19.1 Å².